The van der Waals surface area contributed by atoms with Crippen molar-refractivity contribution in [2.45, 2.75) is 24.7 Å². The summed E-state index contributed by atoms with van der Waals surface area (Å²) >= 11 is 1.39. The van der Waals surface area contributed by atoms with Gasteiger partial charge >= 0.3 is 0 Å². The van der Waals surface area contributed by atoms with Crippen LogP contribution in [0.4, 0.5) is 0 Å². The van der Waals surface area contributed by atoms with Gasteiger partial charge < -0.3 is 5.32 Å². The Labute approximate surface area is 148 Å². The van der Waals surface area contributed by atoms with Crippen LogP contribution in [0.25, 0.3) is 0 Å². The second-order valence-corrected chi connectivity index (χ2v) is 6.93. The second kappa shape index (κ2) is 9.14. The molecule has 0 unspecified atom stereocenters. The average molecular weight is 338 g/mol. The Hall–Kier alpha value is -2.25. The number of carbonyl (C=O) groups excluding carboxylic acids is 1. The van der Waals surface area contributed by atoms with Gasteiger partial charge in [0.1, 0.15) is 0 Å². The minimum Gasteiger partial charge on any atom is -0.351 e. The zero-order valence-electron chi connectivity index (χ0n) is 14.0. The third-order valence-electron chi connectivity index (χ3n) is 3.94. The number of rotatable bonds is 7. The number of nitriles is 1. The van der Waals surface area contributed by atoms with Crippen molar-refractivity contribution in [1.29, 1.82) is 5.26 Å². The van der Waals surface area contributed by atoms with E-state index >= 15 is 0 Å². The van der Waals surface area contributed by atoms with Crippen molar-refractivity contribution >= 4 is 17.7 Å². The van der Waals surface area contributed by atoms with Crippen LogP contribution >= 0.6 is 11.8 Å². The van der Waals surface area contributed by atoms with Gasteiger partial charge in [0.15, 0.2) is 0 Å². The van der Waals surface area contributed by atoms with Gasteiger partial charge in [0.2, 0.25) is 0 Å². The minimum absolute atomic E-state index is 0.0855. The predicted molar refractivity (Wildman–Crippen MR) is 99.1 cm³/mol. The van der Waals surface area contributed by atoms with Crippen LogP contribution < -0.4 is 5.32 Å². The van der Waals surface area contributed by atoms with E-state index < -0.39 is 0 Å². The predicted octanol–water partition coefficient (Wildman–Crippen LogP) is 4.47. The molecule has 0 bridgehead atoms. The molecule has 0 aliphatic rings. The molecule has 0 spiro atoms. The normalized spacial score (nSPS) is 11.8. The zero-order valence-corrected chi connectivity index (χ0v) is 14.8. The summed E-state index contributed by atoms with van der Waals surface area (Å²) in [6.45, 7) is 4.93. The van der Waals surface area contributed by atoms with Crippen LogP contribution in [0.1, 0.15) is 35.7 Å². The Balaban J connectivity index is 2.08. The summed E-state index contributed by atoms with van der Waals surface area (Å²) in [5.74, 6) is 0.950. The molecule has 2 rings (SSSR count). The summed E-state index contributed by atoms with van der Waals surface area (Å²) in [4.78, 5) is 13.4. The fourth-order valence-electron chi connectivity index (χ4n) is 2.63. The minimum atomic E-state index is -0.0855. The number of nitrogens with one attached hydrogen (secondary N) is 1. The van der Waals surface area contributed by atoms with Crippen molar-refractivity contribution < 1.29 is 4.79 Å². The van der Waals surface area contributed by atoms with Crippen molar-refractivity contribution in [3.8, 4) is 6.07 Å². The van der Waals surface area contributed by atoms with E-state index in [1.165, 1.54) is 17.3 Å². The topological polar surface area (TPSA) is 52.9 Å². The fraction of sp³-hybridized carbons (Fsp3) is 0.300. The van der Waals surface area contributed by atoms with Gasteiger partial charge in [-0.3, -0.25) is 4.79 Å². The number of hydrogen-bond acceptors (Lipinski definition) is 3. The Morgan fingerprint density at radius 3 is 2.46 bits per heavy atom. The van der Waals surface area contributed by atoms with E-state index in [9.17, 15) is 4.79 Å². The van der Waals surface area contributed by atoms with E-state index in [2.05, 4.69) is 37.4 Å². The first kappa shape index (κ1) is 18.1. The molecule has 2 aromatic carbocycles. The summed E-state index contributed by atoms with van der Waals surface area (Å²) in [6.07, 6.45) is 0. The first-order valence-electron chi connectivity index (χ1n) is 8.05. The number of benzene rings is 2. The SMILES string of the molecule is CC(C)[C@@H](CNC(=O)c1ccccc1SCC#N)c1ccccc1. The van der Waals surface area contributed by atoms with Gasteiger partial charge in [-0.05, 0) is 23.6 Å². The lowest BCUT2D eigenvalue weighted by molar-refractivity contribution is 0.0946. The van der Waals surface area contributed by atoms with E-state index in [0.717, 1.165) is 4.90 Å². The van der Waals surface area contributed by atoms with Crippen molar-refractivity contribution in [2.24, 2.45) is 5.92 Å². The summed E-state index contributed by atoms with van der Waals surface area (Å²) < 4.78 is 0. The lowest BCUT2D eigenvalue weighted by atomic mass is 9.88. The smallest absolute Gasteiger partial charge is 0.252 e. The molecule has 2 aromatic rings. The number of amides is 1. The largest absolute Gasteiger partial charge is 0.351 e. The van der Waals surface area contributed by atoms with Crippen molar-refractivity contribution in [1.82, 2.24) is 5.32 Å². The Kier molecular flexibility index (Phi) is 6.89. The van der Waals surface area contributed by atoms with Crippen LogP contribution in [0.15, 0.2) is 59.5 Å². The third-order valence-corrected chi connectivity index (χ3v) is 4.88. The van der Waals surface area contributed by atoms with E-state index in [1.807, 2.05) is 42.5 Å². The van der Waals surface area contributed by atoms with Crippen LogP contribution in [-0.2, 0) is 0 Å². The molecular weight excluding hydrogens is 316 g/mol. The van der Waals surface area contributed by atoms with Crippen LogP contribution in [0.3, 0.4) is 0 Å². The van der Waals surface area contributed by atoms with Gasteiger partial charge in [0.05, 0.1) is 17.4 Å². The summed E-state index contributed by atoms with van der Waals surface area (Å²) in [6, 6.07) is 19.8. The Bertz CT molecular complexity index is 707. The maximum atomic E-state index is 12.6. The van der Waals surface area contributed by atoms with E-state index in [4.69, 9.17) is 5.26 Å². The van der Waals surface area contributed by atoms with Crippen LogP contribution in [0.2, 0.25) is 0 Å². The number of carbonyl (C=O) groups is 1. The molecule has 0 aliphatic heterocycles. The molecule has 0 radical (unpaired) electrons. The molecule has 0 aromatic heterocycles. The monoisotopic (exact) mass is 338 g/mol. The molecule has 0 saturated carbocycles. The molecule has 3 nitrogen and oxygen atoms in total. The van der Waals surface area contributed by atoms with Gasteiger partial charge in [-0.1, -0.05) is 56.3 Å². The molecule has 1 N–H and O–H groups in total. The second-order valence-electron chi connectivity index (χ2n) is 5.91. The quantitative estimate of drug-likeness (QED) is 0.758. The maximum absolute atomic E-state index is 12.6. The highest BCUT2D eigenvalue weighted by atomic mass is 32.2. The molecule has 0 saturated heterocycles. The van der Waals surface area contributed by atoms with Gasteiger partial charge in [-0.15, -0.1) is 11.8 Å². The lowest BCUT2D eigenvalue weighted by Gasteiger charge is -2.22. The number of hydrogen-bond donors (Lipinski definition) is 1. The highest BCUT2D eigenvalue weighted by Gasteiger charge is 2.18. The maximum Gasteiger partial charge on any atom is 0.252 e. The third kappa shape index (κ3) is 4.87. The molecule has 1 amide bonds. The van der Waals surface area contributed by atoms with E-state index in [-0.39, 0.29) is 11.8 Å². The molecule has 4 heteroatoms. The average Bonchev–Trinajstić information content (AvgIpc) is 2.61. The van der Waals surface area contributed by atoms with Crippen molar-refractivity contribution in [3.05, 3.63) is 65.7 Å². The van der Waals surface area contributed by atoms with Gasteiger partial charge in [0, 0.05) is 17.4 Å². The first-order chi connectivity index (χ1) is 11.6. The molecule has 24 heavy (non-hydrogen) atoms. The summed E-state index contributed by atoms with van der Waals surface area (Å²) in [5.41, 5.74) is 1.87. The van der Waals surface area contributed by atoms with Crippen LogP contribution in [-0.4, -0.2) is 18.2 Å². The zero-order chi connectivity index (χ0) is 17.4. The summed E-state index contributed by atoms with van der Waals surface area (Å²) in [5, 5.41) is 11.8. The van der Waals surface area contributed by atoms with Gasteiger partial charge in [-0.2, -0.15) is 5.26 Å². The van der Waals surface area contributed by atoms with Crippen molar-refractivity contribution in [2.75, 3.05) is 12.3 Å². The van der Waals surface area contributed by atoms with E-state index in [0.29, 0.717) is 23.8 Å². The Morgan fingerprint density at radius 1 is 1.12 bits per heavy atom. The van der Waals surface area contributed by atoms with Crippen LogP contribution in [0.5, 0.6) is 0 Å². The standard InChI is InChI=1S/C20H22N2OS/c1-15(2)18(16-8-4-3-5-9-16)14-22-20(23)17-10-6-7-11-19(17)24-13-12-21/h3-11,15,18H,13-14H2,1-2H3,(H,22,23)/t18-/m1/s1. The van der Waals surface area contributed by atoms with Gasteiger partial charge in [0.25, 0.3) is 5.91 Å². The molecule has 0 aliphatic carbocycles. The first-order valence-corrected chi connectivity index (χ1v) is 9.04. The number of nitrogens with zero attached hydrogens (tertiary/aromatic N) is 1. The summed E-state index contributed by atoms with van der Waals surface area (Å²) in [7, 11) is 0. The van der Waals surface area contributed by atoms with Gasteiger partial charge in [-0.25, -0.2) is 0 Å². The molecule has 1 atom stereocenters. The Morgan fingerprint density at radius 2 is 1.79 bits per heavy atom. The van der Waals surface area contributed by atoms with Crippen molar-refractivity contribution in [3.63, 3.8) is 0 Å². The molecule has 0 fully saturated rings. The molecule has 0 heterocycles. The highest BCUT2D eigenvalue weighted by molar-refractivity contribution is 7.99. The van der Waals surface area contributed by atoms with E-state index in [1.54, 1.807) is 0 Å². The molecule has 124 valence electrons. The fourth-order valence-corrected chi connectivity index (χ4v) is 3.34. The highest BCUT2D eigenvalue weighted by Crippen LogP contribution is 2.25. The lowest BCUT2D eigenvalue weighted by Crippen LogP contribution is -2.30. The molecular formula is C20H22N2OS. The number of thioether (sulfide) groups is 1. The van der Waals surface area contributed by atoms with Crippen LogP contribution in [0, 0.1) is 17.2 Å².